The van der Waals surface area contributed by atoms with Gasteiger partial charge in [-0.1, -0.05) is 74.3 Å². The third-order valence-corrected chi connectivity index (χ3v) is 4.19. The van der Waals surface area contributed by atoms with E-state index in [9.17, 15) is 0 Å². The minimum Gasteiger partial charge on any atom is -0.355 e. The summed E-state index contributed by atoms with van der Waals surface area (Å²) in [4.78, 5) is 3.38. The molecule has 4 aromatic rings. The number of fused-ring (bicyclic) bond motifs is 3. The summed E-state index contributed by atoms with van der Waals surface area (Å²) in [5.41, 5.74) is 2.42. The number of benzene rings is 3. The predicted molar refractivity (Wildman–Crippen MR) is 97.6 cm³/mol. The number of para-hydroxylation sites is 2. The van der Waals surface area contributed by atoms with Crippen molar-refractivity contribution in [2.45, 2.75) is 0 Å². The minimum absolute atomic E-state index is 1.10. The zero-order valence-electron chi connectivity index (χ0n) is 11.2. The van der Waals surface area contributed by atoms with E-state index in [4.69, 9.17) is 0 Å². The van der Waals surface area contributed by atoms with E-state index in [-0.39, 0.29) is 0 Å². The van der Waals surface area contributed by atoms with Crippen molar-refractivity contribution < 1.29 is 0 Å². The molecule has 0 amide bonds. The maximum absolute atomic E-state index is 3.38. The highest BCUT2D eigenvalue weighted by molar-refractivity contribution is 9.11. The molecule has 21 heavy (non-hydrogen) atoms. The lowest BCUT2D eigenvalue weighted by Gasteiger charge is -1.87. The van der Waals surface area contributed by atoms with Gasteiger partial charge in [-0.05, 0) is 30.3 Å². The summed E-state index contributed by atoms with van der Waals surface area (Å²) in [5, 5.41) is 2.61. The molecule has 104 valence electrons. The van der Waals surface area contributed by atoms with E-state index in [1.807, 2.05) is 24.3 Å². The highest BCUT2D eigenvalue weighted by Crippen LogP contribution is 2.24. The average Bonchev–Trinajstić information content (AvgIpc) is 2.86. The molecule has 0 atom stereocenters. The van der Waals surface area contributed by atoms with E-state index in [1.165, 1.54) is 21.8 Å². The van der Waals surface area contributed by atoms with Gasteiger partial charge >= 0.3 is 0 Å². The van der Waals surface area contributed by atoms with E-state index in [1.54, 1.807) is 0 Å². The second-order valence-corrected chi connectivity index (χ2v) is 6.49. The van der Waals surface area contributed by atoms with E-state index in [0.717, 1.165) is 8.95 Å². The fourth-order valence-corrected chi connectivity index (χ4v) is 3.36. The average molecular weight is 403 g/mol. The maximum atomic E-state index is 3.38. The molecule has 1 nitrogen and oxygen atoms in total. The van der Waals surface area contributed by atoms with Gasteiger partial charge in [-0.2, -0.15) is 0 Å². The first-order valence-corrected chi connectivity index (χ1v) is 8.19. The zero-order valence-corrected chi connectivity index (χ0v) is 14.4. The van der Waals surface area contributed by atoms with Gasteiger partial charge in [0.25, 0.3) is 0 Å². The lowest BCUT2D eigenvalue weighted by Crippen LogP contribution is -1.62. The third-order valence-electron chi connectivity index (χ3n) is 3.20. The van der Waals surface area contributed by atoms with Crippen LogP contribution in [-0.4, -0.2) is 4.98 Å². The lowest BCUT2D eigenvalue weighted by molar-refractivity contribution is 1.55. The molecule has 0 aliphatic rings. The lowest BCUT2D eigenvalue weighted by atomic mass is 10.2. The smallest absolute Gasteiger partial charge is 0.0464 e. The van der Waals surface area contributed by atoms with E-state index < -0.39 is 0 Å². The van der Waals surface area contributed by atoms with Crippen molar-refractivity contribution in [3.8, 4) is 0 Å². The highest BCUT2D eigenvalue weighted by atomic mass is 79.9. The van der Waals surface area contributed by atoms with Crippen molar-refractivity contribution in [1.82, 2.24) is 4.98 Å². The van der Waals surface area contributed by atoms with Crippen LogP contribution >= 0.6 is 31.9 Å². The summed E-state index contributed by atoms with van der Waals surface area (Å²) in [7, 11) is 0. The van der Waals surface area contributed by atoms with Gasteiger partial charge in [-0.15, -0.1) is 0 Å². The number of halogens is 2. The molecule has 3 aromatic carbocycles. The molecule has 0 radical (unpaired) electrons. The Morgan fingerprint density at radius 2 is 1.05 bits per heavy atom. The molecular weight excluding hydrogens is 390 g/mol. The van der Waals surface area contributed by atoms with Crippen LogP contribution < -0.4 is 0 Å². The molecule has 3 heteroatoms. The first-order valence-electron chi connectivity index (χ1n) is 6.60. The molecule has 0 saturated heterocycles. The number of aromatic nitrogens is 1. The molecule has 0 fully saturated rings. The Morgan fingerprint density at radius 1 is 0.571 bits per heavy atom. The molecule has 4 rings (SSSR count). The van der Waals surface area contributed by atoms with Crippen LogP contribution in [0.3, 0.4) is 0 Å². The van der Waals surface area contributed by atoms with Crippen LogP contribution in [0, 0.1) is 0 Å². The standard InChI is InChI=1S/C12H9N.C6H4Br2/c1-3-7-11-9(5-1)10-6-2-4-8-12(10)13-11;7-5-2-1-3-6(8)4-5/h1-8,13H;1-4H. The first-order chi connectivity index (χ1) is 10.2. The summed E-state index contributed by atoms with van der Waals surface area (Å²) in [6.07, 6.45) is 0. The third kappa shape index (κ3) is 3.36. The number of hydrogen-bond acceptors (Lipinski definition) is 0. The predicted octanol–water partition coefficient (Wildman–Crippen LogP) is 6.53. The van der Waals surface area contributed by atoms with Crippen molar-refractivity contribution in [2.24, 2.45) is 0 Å². The van der Waals surface area contributed by atoms with Crippen LogP contribution in [0.25, 0.3) is 21.8 Å². The number of aromatic amines is 1. The molecule has 0 saturated carbocycles. The molecule has 1 aromatic heterocycles. The molecular formula is C18H13Br2N. The second kappa shape index (κ2) is 6.46. The van der Waals surface area contributed by atoms with Gasteiger partial charge in [0.2, 0.25) is 0 Å². The van der Waals surface area contributed by atoms with Crippen LogP contribution in [-0.2, 0) is 0 Å². The van der Waals surface area contributed by atoms with Crippen LogP contribution in [0.5, 0.6) is 0 Å². The second-order valence-electron chi connectivity index (χ2n) is 4.66. The molecule has 0 aliphatic carbocycles. The van der Waals surface area contributed by atoms with Gasteiger partial charge in [0.15, 0.2) is 0 Å². The fourth-order valence-electron chi connectivity index (χ4n) is 2.26. The normalized spacial score (nSPS) is 10.4. The summed E-state index contributed by atoms with van der Waals surface area (Å²) < 4.78 is 2.21. The first kappa shape index (κ1) is 14.4. The largest absolute Gasteiger partial charge is 0.355 e. The minimum atomic E-state index is 1.10. The van der Waals surface area contributed by atoms with E-state index in [0.29, 0.717) is 0 Å². The molecule has 1 N–H and O–H groups in total. The summed E-state index contributed by atoms with van der Waals surface area (Å²) in [6, 6.07) is 24.7. The van der Waals surface area contributed by atoms with Crippen molar-refractivity contribution in [3.05, 3.63) is 81.7 Å². The zero-order chi connectivity index (χ0) is 14.7. The van der Waals surface area contributed by atoms with Crippen LogP contribution in [0.2, 0.25) is 0 Å². The summed E-state index contributed by atoms with van der Waals surface area (Å²) >= 11 is 6.66. The van der Waals surface area contributed by atoms with Crippen molar-refractivity contribution in [2.75, 3.05) is 0 Å². The van der Waals surface area contributed by atoms with Crippen molar-refractivity contribution in [1.29, 1.82) is 0 Å². The fraction of sp³-hybridized carbons (Fsp3) is 0. The number of hydrogen-bond donors (Lipinski definition) is 1. The van der Waals surface area contributed by atoms with Gasteiger partial charge in [-0.25, -0.2) is 0 Å². The van der Waals surface area contributed by atoms with Crippen molar-refractivity contribution in [3.63, 3.8) is 0 Å². The molecule has 0 aliphatic heterocycles. The SMILES string of the molecule is Brc1cccc(Br)c1.c1ccc2c(c1)[nH]c1ccccc12. The molecule has 0 bridgehead atoms. The topological polar surface area (TPSA) is 15.8 Å². The molecule has 0 unspecified atom stereocenters. The Bertz CT molecular complexity index is 813. The Balaban J connectivity index is 0.000000143. The van der Waals surface area contributed by atoms with Gasteiger partial charge in [0.05, 0.1) is 0 Å². The Kier molecular flexibility index (Phi) is 4.42. The molecule has 1 heterocycles. The van der Waals surface area contributed by atoms with Gasteiger partial charge in [0.1, 0.15) is 0 Å². The number of H-pyrrole nitrogens is 1. The van der Waals surface area contributed by atoms with E-state index >= 15 is 0 Å². The summed E-state index contributed by atoms with van der Waals surface area (Å²) in [5.74, 6) is 0. The van der Waals surface area contributed by atoms with E-state index in [2.05, 4.69) is 85.4 Å². The maximum Gasteiger partial charge on any atom is 0.0464 e. The molecule has 0 spiro atoms. The van der Waals surface area contributed by atoms with Crippen LogP contribution in [0.1, 0.15) is 0 Å². The van der Waals surface area contributed by atoms with Gasteiger partial charge in [-0.3, -0.25) is 0 Å². The van der Waals surface area contributed by atoms with Crippen LogP contribution in [0.4, 0.5) is 0 Å². The van der Waals surface area contributed by atoms with Gasteiger partial charge in [0, 0.05) is 30.8 Å². The Morgan fingerprint density at radius 3 is 1.48 bits per heavy atom. The van der Waals surface area contributed by atoms with Gasteiger partial charge < -0.3 is 4.98 Å². The monoisotopic (exact) mass is 401 g/mol. The highest BCUT2D eigenvalue weighted by Gasteiger charge is 2.00. The Hall–Kier alpha value is -1.58. The quantitative estimate of drug-likeness (QED) is 0.344. The number of nitrogens with one attached hydrogen (secondary N) is 1. The van der Waals surface area contributed by atoms with Crippen molar-refractivity contribution >= 4 is 53.7 Å². The Labute approximate surface area is 140 Å². The summed E-state index contributed by atoms with van der Waals surface area (Å²) in [6.45, 7) is 0. The number of rotatable bonds is 0. The van der Waals surface area contributed by atoms with Crippen LogP contribution in [0.15, 0.2) is 81.7 Å².